The summed E-state index contributed by atoms with van der Waals surface area (Å²) in [6.45, 7) is 0. The summed E-state index contributed by atoms with van der Waals surface area (Å²) in [5.74, 6) is 0.943. The molecule has 1 aromatic heterocycles. The minimum Gasteiger partial charge on any atom is -0.292 e. The van der Waals surface area contributed by atoms with Gasteiger partial charge in [-0.3, -0.25) is 4.57 Å². The van der Waals surface area contributed by atoms with E-state index in [9.17, 15) is 0 Å². The highest BCUT2D eigenvalue weighted by molar-refractivity contribution is 5.72. The molecule has 0 saturated carbocycles. The Kier molecular flexibility index (Phi) is 4.51. The van der Waals surface area contributed by atoms with Crippen LogP contribution < -0.4 is 0 Å². The quantitative estimate of drug-likeness (QED) is 0.336. The number of hydrogen-bond acceptors (Lipinski definition) is 1. The maximum absolute atomic E-state index is 4.78. The molecule has 1 heterocycles. The highest BCUT2D eigenvalue weighted by Crippen LogP contribution is 2.31. The maximum atomic E-state index is 4.78. The van der Waals surface area contributed by atoms with Gasteiger partial charge in [-0.15, -0.1) is 0 Å². The lowest BCUT2D eigenvalue weighted by Crippen LogP contribution is -1.99. The van der Waals surface area contributed by atoms with Gasteiger partial charge in [-0.05, 0) is 23.3 Å². The van der Waals surface area contributed by atoms with Crippen molar-refractivity contribution in [2.24, 2.45) is 0 Å². The van der Waals surface area contributed by atoms with Crippen molar-refractivity contribution in [2.75, 3.05) is 0 Å². The van der Waals surface area contributed by atoms with Crippen LogP contribution in [0.2, 0.25) is 0 Å². The van der Waals surface area contributed by atoms with Crippen LogP contribution in [0, 0.1) is 0 Å². The number of para-hydroxylation sites is 1. The molecule has 0 N–H and O–H groups in total. The van der Waals surface area contributed by atoms with E-state index in [4.69, 9.17) is 4.98 Å². The number of hydrogen-bond donors (Lipinski definition) is 0. The van der Waals surface area contributed by atoms with Crippen molar-refractivity contribution in [3.05, 3.63) is 121 Å². The zero-order valence-corrected chi connectivity index (χ0v) is 15.9. The van der Waals surface area contributed by atoms with Crippen molar-refractivity contribution in [3.8, 4) is 39.5 Å². The van der Waals surface area contributed by atoms with Crippen molar-refractivity contribution in [3.63, 3.8) is 0 Å². The maximum Gasteiger partial charge on any atom is 0.144 e. The molecule has 0 amide bonds. The van der Waals surface area contributed by atoms with E-state index in [-0.39, 0.29) is 0 Å². The molecule has 4 aromatic carbocycles. The Morgan fingerprint density at radius 3 is 1.55 bits per heavy atom. The van der Waals surface area contributed by atoms with E-state index in [2.05, 4.69) is 89.5 Å². The fourth-order valence-electron chi connectivity index (χ4n) is 3.65. The van der Waals surface area contributed by atoms with Gasteiger partial charge >= 0.3 is 0 Å². The highest BCUT2D eigenvalue weighted by atomic mass is 15.1. The average molecular weight is 372 g/mol. The third kappa shape index (κ3) is 3.37. The fraction of sp³-hybridized carbons (Fsp3) is 0. The van der Waals surface area contributed by atoms with Crippen LogP contribution in [0.3, 0.4) is 0 Å². The lowest BCUT2D eigenvalue weighted by atomic mass is 10.0. The van der Waals surface area contributed by atoms with Crippen molar-refractivity contribution in [2.45, 2.75) is 0 Å². The Bertz CT molecular complexity index is 1210. The molecule has 0 fully saturated rings. The smallest absolute Gasteiger partial charge is 0.144 e. The summed E-state index contributed by atoms with van der Waals surface area (Å²) in [6.07, 6.45) is 1.97. The molecule has 0 atom stereocenters. The van der Waals surface area contributed by atoms with E-state index in [0.717, 1.165) is 28.3 Å². The first-order valence-corrected chi connectivity index (χ1v) is 9.74. The molecule has 0 unspecified atom stereocenters. The second-order valence-corrected chi connectivity index (χ2v) is 6.95. The van der Waals surface area contributed by atoms with E-state index < -0.39 is 0 Å². The van der Waals surface area contributed by atoms with Gasteiger partial charge in [0.1, 0.15) is 5.82 Å². The summed E-state index contributed by atoms with van der Waals surface area (Å²) in [5, 5.41) is 0. The largest absolute Gasteiger partial charge is 0.292 e. The first-order chi connectivity index (χ1) is 14.4. The van der Waals surface area contributed by atoms with Crippen LogP contribution in [0.25, 0.3) is 39.5 Å². The molecule has 0 aliphatic heterocycles. The molecule has 0 saturated heterocycles. The van der Waals surface area contributed by atoms with Crippen molar-refractivity contribution < 1.29 is 0 Å². The van der Waals surface area contributed by atoms with Gasteiger partial charge in [0.05, 0.1) is 11.9 Å². The van der Waals surface area contributed by atoms with Gasteiger partial charge in [0, 0.05) is 16.8 Å². The predicted octanol–water partition coefficient (Wildman–Crippen LogP) is 6.87. The number of nitrogens with zero attached hydrogens (tertiary/aromatic N) is 2. The van der Waals surface area contributed by atoms with Gasteiger partial charge in [0.15, 0.2) is 0 Å². The summed E-state index contributed by atoms with van der Waals surface area (Å²) in [7, 11) is 0. The van der Waals surface area contributed by atoms with E-state index in [1.807, 2.05) is 36.5 Å². The Morgan fingerprint density at radius 2 is 0.931 bits per heavy atom. The molecule has 2 nitrogen and oxygen atoms in total. The van der Waals surface area contributed by atoms with Crippen LogP contribution in [-0.4, -0.2) is 9.55 Å². The SMILES string of the molecule is c1ccc(-c2ccc(-c3cnc(-c4ccccc4)n3-c3ccccc3)cc2)cc1. The van der Waals surface area contributed by atoms with Crippen LogP contribution >= 0.6 is 0 Å². The van der Waals surface area contributed by atoms with Crippen molar-refractivity contribution >= 4 is 0 Å². The molecule has 0 spiro atoms. The molecular weight excluding hydrogens is 352 g/mol. The third-order valence-corrected chi connectivity index (χ3v) is 5.10. The minimum atomic E-state index is 0.943. The van der Waals surface area contributed by atoms with E-state index in [1.165, 1.54) is 11.1 Å². The van der Waals surface area contributed by atoms with Crippen LogP contribution in [0.1, 0.15) is 0 Å². The monoisotopic (exact) mass is 372 g/mol. The number of rotatable bonds is 4. The molecule has 0 radical (unpaired) electrons. The topological polar surface area (TPSA) is 17.8 Å². The molecule has 29 heavy (non-hydrogen) atoms. The summed E-state index contributed by atoms with van der Waals surface area (Å²) in [5.41, 5.74) is 6.86. The van der Waals surface area contributed by atoms with Gasteiger partial charge in [-0.2, -0.15) is 0 Å². The number of benzene rings is 4. The molecule has 0 aliphatic carbocycles. The van der Waals surface area contributed by atoms with Gasteiger partial charge in [0.2, 0.25) is 0 Å². The molecule has 2 heteroatoms. The summed E-state index contributed by atoms with van der Waals surface area (Å²) < 4.78 is 2.23. The van der Waals surface area contributed by atoms with E-state index in [1.54, 1.807) is 0 Å². The van der Waals surface area contributed by atoms with Crippen LogP contribution in [0.15, 0.2) is 121 Å². The zero-order valence-electron chi connectivity index (χ0n) is 15.9. The summed E-state index contributed by atoms with van der Waals surface area (Å²) >= 11 is 0. The lowest BCUT2D eigenvalue weighted by molar-refractivity contribution is 1.07. The Morgan fingerprint density at radius 1 is 0.448 bits per heavy atom. The molecular formula is C27H20N2. The minimum absolute atomic E-state index is 0.943. The Balaban J connectivity index is 1.63. The standard InChI is InChI=1S/C27H20N2/c1-4-10-21(11-5-1)22-16-18-23(19-17-22)26-20-28-27(24-12-6-2-7-13-24)29(26)25-14-8-3-9-15-25/h1-20H. The van der Waals surface area contributed by atoms with Crippen molar-refractivity contribution in [1.29, 1.82) is 0 Å². The van der Waals surface area contributed by atoms with Crippen LogP contribution in [0.4, 0.5) is 0 Å². The molecule has 5 aromatic rings. The summed E-state index contributed by atoms with van der Waals surface area (Å²) in [6, 6.07) is 39.9. The van der Waals surface area contributed by atoms with Gasteiger partial charge in [-0.25, -0.2) is 4.98 Å². The van der Waals surface area contributed by atoms with Crippen LogP contribution in [-0.2, 0) is 0 Å². The van der Waals surface area contributed by atoms with Crippen LogP contribution in [0.5, 0.6) is 0 Å². The molecule has 138 valence electrons. The normalized spacial score (nSPS) is 10.8. The Labute approximate surface area is 170 Å². The summed E-state index contributed by atoms with van der Waals surface area (Å²) in [4.78, 5) is 4.78. The lowest BCUT2D eigenvalue weighted by Gasteiger charge is -2.13. The zero-order chi connectivity index (χ0) is 19.5. The van der Waals surface area contributed by atoms with Gasteiger partial charge in [0.25, 0.3) is 0 Å². The number of imidazole rings is 1. The first-order valence-electron chi connectivity index (χ1n) is 9.74. The van der Waals surface area contributed by atoms with Gasteiger partial charge in [-0.1, -0.05) is 103 Å². The Hall–Kier alpha value is -3.91. The average Bonchev–Trinajstić information content (AvgIpc) is 3.26. The van der Waals surface area contributed by atoms with Gasteiger partial charge < -0.3 is 0 Å². The first kappa shape index (κ1) is 17.2. The molecule has 0 aliphatic rings. The third-order valence-electron chi connectivity index (χ3n) is 5.10. The number of aromatic nitrogens is 2. The molecule has 0 bridgehead atoms. The van der Waals surface area contributed by atoms with Crippen molar-refractivity contribution in [1.82, 2.24) is 9.55 Å². The van der Waals surface area contributed by atoms with E-state index >= 15 is 0 Å². The second-order valence-electron chi connectivity index (χ2n) is 6.95. The predicted molar refractivity (Wildman–Crippen MR) is 120 cm³/mol. The second kappa shape index (κ2) is 7.61. The van der Waals surface area contributed by atoms with E-state index in [0.29, 0.717) is 0 Å². The fourth-order valence-corrected chi connectivity index (χ4v) is 3.65. The molecule has 5 rings (SSSR count). The highest BCUT2D eigenvalue weighted by Gasteiger charge is 2.15.